The summed E-state index contributed by atoms with van der Waals surface area (Å²) in [6, 6.07) is -0.345. The van der Waals surface area contributed by atoms with E-state index in [-0.39, 0.29) is 17.9 Å². The molecule has 19 heavy (non-hydrogen) atoms. The molecule has 2 saturated heterocycles. The zero-order valence-electron chi connectivity index (χ0n) is 11.7. The average Bonchev–Trinajstić information content (AvgIpc) is 2.58. The van der Waals surface area contributed by atoms with Crippen LogP contribution in [-0.4, -0.2) is 74.0 Å². The predicted molar refractivity (Wildman–Crippen MR) is 72.7 cm³/mol. The standard InChI is InChI=1S/C13H24N4O2/c1-16-6-8-17(9-7-16)10-12(18)15-11-4-2-3-5-14-13(11)19/h11H,2-10H2,1H3,(H,14,19)(H,15,18)/t11-/m1/s1. The normalized spacial score (nSPS) is 26.6. The van der Waals surface area contributed by atoms with E-state index in [1.54, 1.807) is 0 Å². The Morgan fingerprint density at radius 1 is 1.32 bits per heavy atom. The Morgan fingerprint density at radius 3 is 2.79 bits per heavy atom. The summed E-state index contributed by atoms with van der Waals surface area (Å²) < 4.78 is 0. The molecule has 0 aromatic rings. The summed E-state index contributed by atoms with van der Waals surface area (Å²) in [7, 11) is 2.09. The number of amides is 2. The third-order valence-electron chi connectivity index (χ3n) is 3.83. The van der Waals surface area contributed by atoms with Gasteiger partial charge in [-0.1, -0.05) is 0 Å². The van der Waals surface area contributed by atoms with Crippen molar-refractivity contribution in [3.8, 4) is 0 Å². The number of hydrogen-bond acceptors (Lipinski definition) is 4. The zero-order chi connectivity index (χ0) is 13.7. The van der Waals surface area contributed by atoms with Crippen LogP contribution in [0, 0.1) is 0 Å². The van der Waals surface area contributed by atoms with Crippen LogP contribution in [0.3, 0.4) is 0 Å². The first-order valence-corrected chi connectivity index (χ1v) is 7.13. The van der Waals surface area contributed by atoms with Crippen LogP contribution < -0.4 is 10.6 Å². The third kappa shape index (κ3) is 4.47. The van der Waals surface area contributed by atoms with Crippen molar-refractivity contribution in [2.45, 2.75) is 25.3 Å². The van der Waals surface area contributed by atoms with Crippen molar-refractivity contribution >= 4 is 11.8 Å². The maximum Gasteiger partial charge on any atom is 0.242 e. The largest absolute Gasteiger partial charge is 0.354 e. The van der Waals surface area contributed by atoms with E-state index < -0.39 is 0 Å². The molecule has 2 aliphatic heterocycles. The van der Waals surface area contributed by atoms with Gasteiger partial charge in [-0.15, -0.1) is 0 Å². The molecular weight excluding hydrogens is 244 g/mol. The van der Waals surface area contributed by atoms with Gasteiger partial charge in [0, 0.05) is 32.7 Å². The van der Waals surface area contributed by atoms with E-state index in [9.17, 15) is 9.59 Å². The van der Waals surface area contributed by atoms with Crippen LogP contribution in [0.1, 0.15) is 19.3 Å². The summed E-state index contributed by atoms with van der Waals surface area (Å²) in [4.78, 5) is 28.1. The first-order valence-electron chi connectivity index (χ1n) is 7.13. The summed E-state index contributed by atoms with van der Waals surface area (Å²) in [6.07, 6.45) is 2.73. The van der Waals surface area contributed by atoms with Crippen LogP contribution in [-0.2, 0) is 9.59 Å². The maximum absolute atomic E-state index is 12.0. The lowest BCUT2D eigenvalue weighted by atomic mass is 10.1. The van der Waals surface area contributed by atoms with E-state index in [1.807, 2.05) is 0 Å². The average molecular weight is 268 g/mol. The molecular formula is C13H24N4O2. The molecule has 1 atom stereocenters. The summed E-state index contributed by atoms with van der Waals surface area (Å²) in [5.74, 6) is -0.0733. The molecule has 0 aliphatic carbocycles. The maximum atomic E-state index is 12.0. The quantitative estimate of drug-likeness (QED) is 0.690. The molecule has 2 amide bonds. The van der Waals surface area contributed by atoms with E-state index in [0.717, 1.165) is 52.0 Å². The second-order valence-corrected chi connectivity index (χ2v) is 5.49. The molecule has 0 unspecified atom stereocenters. The molecule has 108 valence electrons. The van der Waals surface area contributed by atoms with Crippen molar-refractivity contribution in [2.24, 2.45) is 0 Å². The Labute approximate surface area is 114 Å². The number of carbonyl (C=O) groups excluding carboxylic acids is 2. The molecule has 2 fully saturated rings. The highest BCUT2D eigenvalue weighted by Crippen LogP contribution is 2.05. The minimum absolute atomic E-state index is 0.0356. The number of piperazine rings is 1. The van der Waals surface area contributed by atoms with Gasteiger partial charge in [-0.25, -0.2) is 0 Å². The van der Waals surface area contributed by atoms with Crippen molar-refractivity contribution in [1.82, 2.24) is 20.4 Å². The van der Waals surface area contributed by atoms with Gasteiger partial charge in [0.05, 0.1) is 6.54 Å². The highest BCUT2D eigenvalue weighted by molar-refractivity contribution is 5.88. The SMILES string of the molecule is CN1CCN(CC(=O)N[C@@H]2CCCCNC2=O)CC1. The molecule has 0 aromatic heterocycles. The molecule has 0 spiro atoms. The Hall–Kier alpha value is -1.14. The Bertz CT molecular complexity index is 327. The van der Waals surface area contributed by atoms with Gasteiger partial charge in [-0.2, -0.15) is 0 Å². The molecule has 0 radical (unpaired) electrons. The van der Waals surface area contributed by atoms with Gasteiger partial charge in [0.15, 0.2) is 0 Å². The first-order chi connectivity index (χ1) is 9.15. The first kappa shape index (κ1) is 14.3. The van der Waals surface area contributed by atoms with Crippen molar-refractivity contribution in [2.75, 3.05) is 46.3 Å². The predicted octanol–water partition coefficient (Wildman–Crippen LogP) is -0.981. The van der Waals surface area contributed by atoms with Gasteiger partial charge in [-0.3, -0.25) is 14.5 Å². The van der Waals surface area contributed by atoms with E-state index in [2.05, 4.69) is 27.5 Å². The number of hydrogen-bond donors (Lipinski definition) is 2. The second-order valence-electron chi connectivity index (χ2n) is 5.49. The van der Waals surface area contributed by atoms with E-state index in [1.165, 1.54) is 0 Å². The molecule has 0 saturated carbocycles. The Kier molecular flexibility index (Phi) is 5.15. The minimum atomic E-state index is -0.345. The van der Waals surface area contributed by atoms with Crippen molar-refractivity contribution in [3.05, 3.63) is 0 Å². The fraction of sp³-hybridized carbons (Fsp3) is 0.846. The lowest BCUT2D eigenvalue weighted by Gasteiger charge is -2.32. The van der Waals surface area contributed by atoms with Crippen LogP contribution in [0.2, 0.25) is 0 Å². The molecule has 6 nitrogen and oxygen atoms in total. The van der Waals surface area contributed by atoms with Gasteiger partial charge < -0.3 is 15.5 Å². The minimum Gasteiger partial charge on any atom is -0.354 e. The molecule has 0 aromatic carbocycles. The van der Waals surface area contributed by atoms with Crippen LogP contribution in [0.4, 0.5) is 0 Å². The zero-order valence-corrected chi connectivity index (χ0v) is 11.7. The molecule has 0 bridgehead atoms. The van der Waals surface area contributed by atoms with Crippen LogP contribution in [0.15, 0.2) is 0 Å². The number of rotatable bonds is 3. The smallest absolute Gasteiger partial charge is 0.242 e. The summed E-state index contributed by atoms with van der Waals surface area (Å²) in [5, 5.41) is 5.70. The fourth-order valence-corrected chi connectivity index (χ4v) is 2.53. The molecule has 2 N–H and O–H groups in total. The molecule has 2 rings (SSSR count). The molecule has 2 aliphatic rings. The van der Waals surface area contributed by atoms with Gasteiger partial charge in [-0.05, 0) is 26.3 Å². The monoisotopic (exact) mass is 268 g/mol. The van der Waals surface area contributed by atoms with E-state index in [0.29, 0.717) is 6.54 Å². The van der Waals surface area contributed by atoms with Crippen molar-refractivity contribution in [1.29, 1.82) is 0 Å². The van der Waals surface area contributed by atoms with Gasteiger partial charge in [0.1, 0.15) is 6.04 Å². The topological polar surface area (TPSA) is 64.7 Å². The summed E-state index contributed by atoms with van der Waals surface area (Å²) in [5.41, 5.74) is 0. The number of nitrogens with one attached hydrogen (secondary N) is 2. The highest BCUT2D eigenvalue weighted by atomic mass is 16.2. The fourth-order valence-electron chi connectivity index (χ4n) is 2.53. The van der Waals surface area contributed by atoms with Gasteiger partial charge in [0.25, 0.3) is 0 Å². The third-order valence-corrected chi connectivity index (χ3v) is 3.83. The van der Waals surface area contributed by atoms with Crippen molar-refractivity contribution < 1.29 is 9.59 Å². The summed E-state index contributed by atoms with van der Waals surface area (Å²) in [6.45, 7) is 4.96. The highest BCUT2D eigenvalue weighted by Gasteiger charge is 2.23. The number of carbonyl (C=O) groups is 2. The second kappa shape index (κ2) is 6.86. The Morgan fingerprint density at radius 2 is 2.05 bits per heavy atom. The number of likely N-dealkylation sites (N-methyl/N-ethyl adjacent to an activating group) is 1. The summed E-state index contributed by atoms with van der Waals surface area (Å²) >= 11 is 0. The Balaban J connectivity index is 1.75. The molecule has 6 heteroatoms. The van der Waals surface area contributed by atoms with Crippen LogP contribution in [0.25, 0.3) is 0 Å². The van der Waals surface area contributed by atoms with E-state index >= 15 is 0 Å². The van der Waals surface area contributed by atoms with E-state index in [4.69, 9.17) is 0 Å². The van der Waals surface area contributed by atoms with Crippen LogP contribution in [0.5, 0.6) is 0 Å². The van der Waals surface area contributed by atoms with Crippen molar-refractivity contribution in [3.63, 3.8) is 0 Å². The van der Waals surface area contributed by atoms with Gasteiger partial charge in [0.2, 0.25) is 11.8 Å². The van der Waals surface area contributed by atoms with Crippen LogP contribution >= 0.6 is 0 Å². The van der Waals surface area contributed by atoms with Gasteiger partial charge >= 0.3 is 0 Å². The number of nitrogens with zero attached hydrogens (tertiary/aromatic N) is 2. The molecule has 2 heterocycles. The lowest BCUT2D eigenvalue weighted by Crippen LogP contribution is -2.51. The lowest BCUT2D eigenvalue weighted by molar-refractivity contribution is -0.129.